The quantitative estimate of drug-likeness (QED) is 0.753. The minimum absolute atomic E-state index is 0. The summed E-state index contributed by atoms with van der Waals surface area (Å²) in [6, 6.07) is 9.43. The Morgan fingerprint density at radius 1 is 1.14 bits per heavy atom. The summed E-state index contributed by atoms with van der Waals surface area (Å²) in [6.45, 7) is 9.65. The number of carbonyl (C=O) groups excluding carboxylic acids is 2. The third-order valence-electron chi connectivity index (χ3n) is 5.42. The molecular weight excluding hydrogens is 376 g/mol. The normalized spacial score (nSPS) is 21.2. The van der Waals surface area contributed by atoms with Crippen LogP contribution in [0.1, 0.15) is 38.3 Å². The molecule has 156 valence electrons. The molecule has 0 aliphatic carbocycles. The summed E-state index contributed by atoms with van der Waals surface area (Å²) < 4.78 is 0. The van der Waals surface area contributed by atoms with E-state index in [-0.39, 0.29) is 30.1 Å². The summed E-state index contributed by atoms with van der Waals surface area (Å²) in [7, 11) is 0. The summed E-state index contributed by atoms with van der Waals surface area (Å²) in [5, 5.41) is 6.36. The lowest BCUT2D eigenvalue weighted by Crippen LogP contribution is -2.50. The number of benzene rings is 1. The standard InChI is InChI=1S/C21H32N4O2.ClH/c1-16(2)14-19(26)23-20(17-6-4-3-5-7-17)21(27)25-11-8-18(15-25)24-12-9-22-10-13-24;/h3-7,16,18,20,22H,8-15H2,1-2H3,(H,23,26);1H. The van der Waals surface area contributed by atoms with Gasteiger partial charge in [-0.25, -0.2) is 0 Å². The molecule has 2 aliphatic rings. The largest absolute Gasteiger partial charge is 0.341 e. The maximum atomic E-state index is 13.3. The topological polar surface area (TPSA) is 64.7 Å². The number of halogens is 1. The molecule has 2 unspecified atom stereocenters. The number of piperazine rings is 1. The summed E-state index contributed by atoms with van der Waals surface area (Å²) in [4.78, 5) is 30.1. The van der Waals surface area contributed by atoms with Crippen molar-refractivity contribution in [3.8, 4) is 0 Å². The zero-order chi connectivity index (χ0) is 19.2. The number of rotatable bonds is 6. The SMILES string of the molecule is CC(C)CC(=O)NC(C(=O)N1CCC(N2CCNCC2)C1)c1ccccc1.Cl. The average Bonchev–Trinajstić information content (AvgIpc) is 3.17. The molecular formula is C21H33ClN4O2. The molecule has 1 aromatic carbocycles. The van der Waals surface area contributed by atoms with Crippen LogP contribution in [0.4, 0.5) is 0 Å². The van der Waals surface area contributed by atoms with Gasteiger partial charge in [0, 0.05) is 51.7 Å². The predicted octanol–water partition coefficient (Wildman–Crippen LogP) is 1.82. The van der Waals surface area contributed by atoms with Gasteiger partial charge in [0.05, 0.1) is 0 Å². The monoisotopic (exact) mass is 408 g/mol. The summed E-state index contributed by atoms with van der Waals surface area (Å²) >= 11 is 0. The van der Waals surface area contributed by atoms with Crippen molar-refractivity contribution in [2.75, 3.05) is 39.3 Å². The Balaban J connectivity index is 0.00000280. The van der Waals surface area contributed by atoms with E-state index in [1.807, 2.05) is 49.1 Å². The van der Waals surface area contributed by atoms with Crippen LogP contribution in [0.2, 0.25) is 0 Å². The van der Waals surface area contributed by atoms with Crippen LogP contribution in [-0.4, -0.2) is 66.9 Å². The molecule has 0 bridgehead atoms. The highest BCUT2D eigenvalue weighted by Gasteiger charge is 2.35. The average molecular weight is 409 g/mol. The molecule has 0 aromatic heterocycles. The molecule has 2 amide bonds. The Bertz CT molecular complexity index is 635. The van der Waals surface area contributed by atoms with Crippen molar-refractivity contribution in [3.63, 3.8) is 0 Å². The first-order valence-electron chi connectivity index (χ1n) is 10.1. The molecule has 6 nitrogen and oxygen atoms in total. The maximum Gasteiger partial charge on any atom is 0.249 e. The van der Waals surface area contributed by atoms with Gasteiger partial charge in [-0.1, -0.05) is 44.2 Å². The molecule has 28 heavy (non-hydrogen) atoms. The fourth-order valence-corrected chi connectivity index (χ4v) is 3.99. The maximum absolute atomic E-state index is 13.3. The van der Waals surface area contributed by atoms with Crippen LogP contribution in [-0.2, 0) is 9.59 Å². The molecule has 2 N–H and O–H groups in total. The highest BCUT2D eigenvalue weighted by Crippen LogP contribution is 2.22. The van der Waals surface area contributed by atoms with E-state index >= 15 is 0 Å². The van der Waals surface area contributed by atoms with Gasteiger partial charge in [-0.05, 0) is 17.9 Å². The molecule has 0 radical (unpaired) electrons. The van der Waals surface area contributed by atoms with Gasteiger partial charge in [-0.15, -0.1) is 12.4 Å². The van der Waals surface area contributed by atoms with Gasteiger partial charge in [0.2, 0.25) is 11.8 Å². The lowest BCUT2D eigenvalue weighted by Gasteiger charge is -2.33. The highest BCUT2D eigenvalue weighted by atomic mass is 35.5. The molecule has 0 saturated carbocycles. The van der Waals surface area contributed by atoms with Gasteiger partial charge >= 0.3 is 0 Å². The molecule has 2 fully saturated rings. The van der Waals surface area contributed by atoms with Crippen LogP contribution < -0.4 is 10.6 Å². The highest BCUT2D eigenvalue weighted by molar-refractivity contribution is 5.89. The van der Waals surface area contributed by atoms with Crippen molar-refractivity contribution in [3.05, 3.63) is 35.9 Å². The number of carbonyl (C=O) groups is 2. The molecule has 7 heteroatoms. The first kappa shape index (κ1) is 22.7. The van der Waals surface area contributed by atoms with Crippen LogP contribution in [0, 0.1) is 5.92 Å². The molecule has 0 spiro atoms. The molecule has 2 aliphatic heterocycles. The smallest absolute Gasteiger partial charge is 0.249 e. The zero-order valence-corrected chi connectivity index (χ0v) is 17.7. The zero-order valence-electron chi connectivity index (χ0n) is 16.9. The van der Waals surface area contributed by atoms with Crippen molar-refractivity contribution in [2.24, 2.45) is 5.92 Å². The van der Waals surface area contributed by atoms with Crippen molar-refractivity contribution in [1.29, 1.82) is 0 Å². The van der Waals surface area contributed by atoms with E-state index in [0.29, 0.717) is 12.5 Å². The number of hydrogen-bond acceptors (Lipinski definition) is 4. The second kappa shape index (κ2) is 10.8. The molecule has 2 saturated heterocycles. The van der Waals surface area contributed by atoms with Gasteiger partial charge < -0.3 is 15.5 Å². The molecule has 1 aromatic rings. The summed E-state index contributed by atoms with van der Waals surface area (Å²) in [6.07, 6.45) is 1.44. The predicted molar refractivity (Wildman–Crippen MR) is 113 cm³/mol. The Hall–Kier alpha value is -1.63. The van der Waals surface area contributed by atoms with Crippen LogP contribution >= 0.6 is 12.4 Å². The van der Waals surface area contributed by atoms with E-state index in [9.17, 15) is 9.59 Å². The second-order valence-corrected chi connectivity index (χ2v) is 8.02. The first-order valence-corrected chi connectivity index (χ1v) is 10.1. The molecule has 2 heterocycles. The fourth-order valence-electron chi connectivity index (χ4n) is 3.99. The van der Waals surface area contributed by atoms with Crippen LogP contribution in [0.25, 0.3) is 0 Å². The lowest BCUT2D eigenvalue weighted by molar-refractivity contribution is -0.136. The van der Waals surface area contributed by atoms with Crippen LogP contribution in [0.3, 0.4) is 0 Å². The number of hydrogen-bond donors (Lipinski definition) is 2. The minimum Gasteiger partial charge on any atom is -0.341 e. The fraction of sp³-hybridized carbons (Fsp3) is 0.619. The Kier molecular flexibility index (Phi) is 8.73. The van der Waals surface area contributed by atoms with E-state index in [0.717, 1.165) is 51.3 Å². The third kappa shape index (κ3) is 5.93. The Morgan fingerprint density at radius 3 is 2.46 bits per heavy atom. The number of nitrogens with zero attached hydrogens (tertiary/aromatic N) is 2. The minimum atomic E-state index is -0.598. The third-order valence-corrected chi connectivity index (χ3v) is 5.42. The van der Waals surface area contributed by atoms with Gasteiger partial charge in [0.25, 0.3) is 0 Å². The number of amides is 2. The Labute approximate surface area is 174 Å². The Morgan fingerprint density at radius 2 is 1.82 bits per heavy atom. The summed E-state index contributed by atoms with van der Waals surface area (Å²) in [5.74, 6) is 0.210. The van der Waals surface area contributed by atoms with E-state index in [1.165, 1.54) is 0 Å². The second-order valence-electron chi connectivity index (χ2n) is 8.02. The van der Waals surface area contributed by atoms with Crippen molar-refractivity contribution in [1.82, 2.24) is 20.4 Å². The first-order chi connectivity index (χ1) is 13.0. The molecule has 3 rings (SSSR count). The van der Waals surface area contributed by atoms with Gasteiger partial charge in [0.15, 0.2) is 0 Å². The van der Waals surface area contributed by atoms with E-state index in [2.05, 4.69) is 15.5 Å². The molecule has 2 atom stereocenters. The lowest BCUT2D eigenvalue weighted by atomic mass is 10.0. The van der Waals surface area contributed by atoms with Crippen molar-refractivity contribution in [2.45, 2.75) is 38.8 Å². The van der Waals surface area contributed by atoms with Crippen molar-refractivity contribution < 1.29 is 9.59 Å². The van der Waals surface area contributed by atoms with Crippen LogP contribution in [0.15, 0.2) is 30.3 Å². The van der Waals surface area contributed by atoms with Gasteiger partial charge in [-0.3, -0.25) is 14.5 Å². The van der Waals surface area contributed by atoms with Crippen molar-refractivity contribution >= 4 is 24.2 Å². The number of nitrogens with one attached hydrogen (secondary N) is 2. The van der Waals surface area contributed by atoms with Gasteiger partial charge in [-0.2, -0.15) is 0 Å². The van der Waals surface area contributed by atoms with E-state index < -0.39 is 6.04 Å². The van der Waals surface area contributed by atoms with Crippen LogP contribution in [0.5, 0.6) is 0 Å². The van der Waals surface area contributed by atoms with Gasteiger partial charge in [0.1, 0.15) is 6.04 Å². The number of likely N-dealkylation sites (tertiary alicyclic amines) is 1. The van der Waals surface area contributed by atoms with E-state index in [1.54, 1.807) is 0 Å². The summed E-state index contributed by atoms with van der Waals surface area (Å²) in [5.41, 5.74) is 0.852. The van der Waals surface area contributed by atoms with E-state index in [4.69, 9.17) is 0 Å².